The molecule has 0 amide bonds. The van der Waals surface area contributed by atoms with E-state index >= 15 is 0 Å². The van der Waals surface area contributed by atoms with E-state index in [-0.39, 0.29) is 23.0 Å². The van der Waals surface area contributed by atoms with Crippen molar-refractivity contribution in [3.8, 4) is 0 Å². The van der Waals surface area contributed by atoms with Crippen molar-refractivity contribution in [3.05, 3.63) is 46.0 Å². The number of nitro groups is 1. The van der Waals surface area contributed by atoms with Crippen molar-refractivity contribution < 1.29 is 4.92 Å². The number of hydrogen-bond donors (Lipinski definition) is 1. The van der Waals surface area contributed by atoms with Gasteiger partial charge in [-0.1, -0.05) is 18.2 Å². The molecule has 1 aliphatic rings. The van der Waals surface area contributed by atoms with Crippen LogP contribution >= 0.6 is 12.4 Å². The predicted octanol–water partition coefficient (Wildman–Crippen LogP) is 2.39. The van der Waals surface area contributed by atoms with Crippen LogP contribution in [0.25, 0.3) is 5.57 Å². The first-order chi connectivity index (χ1) is 7.27. The Morgan fingerprint density at radius 2 is 2.19 bits per heavy atom. The Hall–Kier alpha value is -1.39. The third-order valence-electron chi connectivity index (χ3n) is 2.49. The van der Waals surface area contributed by atoms with Crippen molar-refractivity contribution >= 4 is 23.7 Å². The molecule has 0 atom stereocenters. The van der Waals surface area contributed by atoms with Crippen LogP contribution in [-0.2, 0) is 0 Å². The van der Waals surface area contributed by atoms with Crippen LogP contribution in [0.3, 0.4) is 0 Å². The molecule has 0 radical (unpaired) electrons. The summed E-state index contributed by atoms with van der Waals surface area (Å²) in [7, 11) is 0. The van der Waals surface area contributed by atoms with Crippen molar-refractivity contribution in [1.82, 2.24) is 5.32 Å². The lowest BCUT2D eigenvalue weighted by molar-refractivity contribution is -0.384. The first kappa shape index (κ1) is 12.7. The van der Waals surface area contributed by atoms with Crippen molar-refractivity contribution in [2.75, 3.05) is 13.1 Å². The molecule has 2 rings (SSSR count). The largest absolute Gasteiger partial charge is 0.313 e. The number of nitrogens with zero attached hydrogens (tertiary/aromatic N) is 1. The molecule has 5 heteroatoms. The lowest BCUT2D eigenvalue weighted by atomic mass is 10.00. The third-order valence-corrected chi connectivity index (χ3v) is 2.49. The van der Waals surface area contributed by atoms with Gasteiger partial charge in [0.1, 0.15) is 0 Å². The van der Waals surface area contributed by atoms with Gasteiger partial charge in [0.15, 0.2) is 0 Å². The van der Waals surface area contributed by atoms with Gasteiger partial charge in [0.2, 0.25) is 0 Å². The zero-order chi connectivity index (χ0) is 10.7. The molecule has 1 aliphatic heterocycles. The van der Waals surface area contributed by atoms with Crippen LogP contribution in [0.5, 0.6) is 0 Å². The summed E-state index contributed by atoms with van der Waals surface area (Å²) < 4.78 is 0. The second kappa shape index (κ2) is 5.63. The lowest BCUT2D eigenvalue weighted by Gasteiger charge is -2.13. The third kappa shape index (κ3) is 2.81. The second-order valence-electron chi connectivity index (χ2n) is 3.49. The van der Waals surface area contributed by atoms with Crippen molar-refractivity contribution in [2.45, 2.75) is 6.42 Å². The van der Waals surface area contributed by atoms with E-state index in [0.29, 0.717) is 0 Å². The van der Waals surface area contributed by atoms with Crippen molar-refractivity contribution in [1.29, 1.82) is 0 Å². The highest BCUT2D eigenvalue weighted by Crippen LogP contribution is 2.23. The second-order valence-corrected chi connectivity index (χ2v) is 3.49. The van der Waals surface area contributed by atoms with Gasteiger partial charge in [0, 0.05) is 18.7 Å². The molecule has 16 heavy (non-hydrogen) atoms. The fourth-order valence-corrected chi connectivity index (χ4v) is 1.70. The quantitative estimate of drug-likeness (QED) is 0.638. The van der Waals surface area contributed by atoms with Gasteiger partial charge in [0.05, 0.1) is 4.92 Å². The molecule has 4 nitrogen and oxygen atoms in total. The van der Waals surface area contributed by atoms with E-state index in [2.05, 4.69) is 11.4 Å². The molecule has 0 unspecified atom stereocenters. The first-order valence-corrected chi connectivity index (χ1v) is 4.92. The van der Waals surface area contributed by atoms with E-state index in [1.807, 2.05) is 6.07 Å². The van der Waals surface area contributed by atoms with Crippen LogP contribution in [0.2, 0.25) is 0 Å². The number of halogens is 1. The summed E-state index contributed by atoms with van der Waals surface area (Å²) in [6, 6.07) is 6.81. The summed E-state index contributed by atoms with van der Waals surface area (Å²) in [5, 5.41) is 13.8. The zero-order valence-electron chi connectivity index (χ0n) is 8.68. The van der Waals surface area contributed by atoms with Gasteiger partial charge in [0.25, 0.3) is 5.69 Å². The minimum absolute atomic E-state index is 0. The highest BCUT2D eigenvalue weighted by molar-refractivity contribution is 5.85. The molecule has 0 aromatic heterocycles. The van der Waals surface area contributed by atoms with Gasteiger partial charge < -0.3 is 5.32 Å². The van der Waals surface area contributed by atoms with Crippen molar-refractivity contribution in [3.63, 3.8) is 0 Å². The Morgan fingerprint density at radius 3 is 2.81 bits per heavy atom. The molecule has 0 saturated heterocycles. The summed E-state index contributed by atoms with van der Waals surface area (Å²) in [6.07, 6.45) is 3.02. The number of nitrogens with one attached hydrogen (secondary N) is 1. The molecule has 0 bridgehead atoms. The molecule has 1 heterocycles. The number of benzene rings is 1. The molecule has 1 aromatic carbocycles. The normalized spacial score (nSPS) is 14.9. The zero-order valence-corrected chi connectivity index (χ0v) is 9.50. The summed E-state index contributed by atoms with van der Waals surface area (Å²) in [6.45, 7) is 1.78. The minimum atomic E-state index is -0.356. The summed E-state index contributed by atoms with van der Waals surface area (Å²) in [4.78, 5) is 10.3. The Bertz CT molecular complexity index is 418. The van der Waals surface area contributed by atoms with E-state index in [1.54, 1.807) is 12.1 Å². The molecule has 0 spiro atoms. The highest BCUT2D eigenvalue weighted by atomic mass is 35.5. The minimum Gasteiger partial charge on any atom is -0.313 e. The maximum Gasteiger partial charge on any atom is 0.270 e. The highest BCUT2D eigenvalue weighted by Gasteiger charge is 2.10. The molecular weight excluding hydrogens is 228 g/mol. The summed E-state index contributed by atoms with van der Waals surface area (Å²) >= 11 is 0. The maximum atomic E-state index is 10.6. The molecule has 86 valence electrons. The van der Waals surface area contributed by atoms with E-state index in [9.17, 15) is 10.1 Å². The Labute approximate surface area is 99.9 Å². The van der Waals surface area contributed by atoms with Crippen LogP contribution in [0, 0.1) is 10.1 Å². The smallest absolute Gasteiger partial charge is 0.270 e. The number of nitro benzene ring substituents is 1. The topological polar surface area (TPSA) is 55.2 Å². The standard InChI is InChI=1S/C11H12N2O2.ClH/c14-13(15)11-3-1-2-10(8-11)9-4-6-12-7-5-9;/h1-4,8,12H,5-7H2;1H. The Balaban J connectivity index is 0.00000128. The maximum absolute atomic E-state index is 10.6. The van der Waals surface area contributed by atoms with Gasteiger partial charge >= 0.3 is 0 Å². The average molecular weight is 241 g/mol. The number of rotatable bonds is 2. The molecule has 1 aromatic rings. The van der Waals surface area contributed by atoms with E-state index in [1.165, 1.54) is 11.6 Å². The fraction of sp³-hybridized carbons (Fsp3) is 0.273. The molecule has 0 fully saturated rings. The Kier molecular flexibility index (Phi) is 4.46. The Morgan fingerprint density at radius 1 is 1.38 bits per heavy atom. The van der Waals surface area contributed by atoms with Gasteiger partial charge in [-0.15, -0.1) is 12.4 Å². The van der Waals surface area contributed by atoms with Crippen LogP contribution in [0.4, 0.5) is 5.69 Å². The van der Waals surface area contributed by atoms with E-state index in [0.717, 1.165) is 25.1 Å². The van der Waals surface area contributed by atoms with Gasteiger partial charge in [-0.2, -0.15) is 0 Å². The predicted molar refractivity (Wildman–Crippen MR) is 65.8 cm³/mol. The van der Waals surface area contributed by atoms with E-state index < -0.39 is 0 Å². The van der Waals surface area contributed by atoms with Crippen LogP contribution in [0.15, 0.2) is 30.3 Å². The van der Waals surface area contributed by atoms with Crippen molar-refractivity contribution in [2.24, 2.45) is 0 Å². The fourth-order valence-electron chi connectivity index (χ4n) is 1.70. The van der Waals surface area contributed by atoms with Gasteiger partial charge in [-0.3, -0.25) is 10.1 Å². The average Bonchev–Trinajstić information content (AvgIpc) is 2.30. The monoisotopic (exact) mass is 240 g/mol. The van der Waals surface area contributed by atoms with E-state index in [4.69, 9.17) is 0 Å². The molecule has 0 saturated carbocycles. The SMILES string of the molecule is Cl.O=[N+]([O-])c1cccc(C2=CCNCC2)c1. The lowest BCUT2D eigenvalue weighted by Crippen LogP contribution is -2.20. The van der Waals surface area contributed by atoms with Crippen LogP contribution in [-0.4, -0.2) is 18.0 Å². The first-order valence-electron chi connectivity index (χ1n) is 4.92. The number of non-ortho nitro benzene ring substituents is 1. The summed E-state index contributed by atoms with van der Waals surface area (Å²) in [5.74, 6) is 0. The van der Waals surface area contributed by atoms with Gasteiger partial charge in [-0.25, -0.2) is 0 Å². The van der Waals surface area contributed by atoms with Crippen LogP contribution in [0.1, 0.15) is 12.0 Å². The molecule has 1 N–H and O–H groups in total. The van der Waals surface area contributed by atoms with Gasteiger partial charge in [-0.05, 0) is 24.1 Å². The molecule has 0 aliphatic carbocycles. The summed E-state index contributed by atoms with van der Waals surface area (Å²) in [5.41, 5.74) is 2.31. The molecular formula is C11H13ClN2O2. The van der Waals surface area contributed by atoms with Crippen LogP contribution < -0.4 is 5.32 Å². The number of hydrogen-bond acceptors (Lipinski definition) is 3.